The van der Waals surface area contributed by atoms with E-state index in [1.165, 1.54) is 11.8 Å². The van der Waals surface area contributed by atoms with Gasteiger partial charge < -0.3 is 10.6 Å². The average Bonchev–Trinajstić information content (AvgIpc) is 2.96. The number of thioether (sulfide) groups is 1. The van der Waals surface area contributed by atoms with Crippen LogP contribution in [-0.2, 0) is 17.8 Å². The van der Waals surface area contributed by atoms with E-state index >= 15 is 0 Å². The van der Waals surface area contributed by atoms with Crippen molar-refractivity contribution in [3.8, 4) is 5.69 Å². The molecule has 3 rings (SSSR count). The Balaban J connectivity index is 2.37. The molecule has 0 saturated heterocycles. The van der Waals surface area contributed by atoms with Crippen molar-refractivity contribution in [1.82, 2.24) is 4.57 Å². The Hall–Kier alpha value is -2.25. The van der Waals surface area contributed by atoms with Crippen LogP contribution >= 0.6 is 23.4 Å². The molecule has 136 valence electrons. The zero-order valence-electron chi connectivity index (χ0n) is 14.7. The van der Waals surface area contributed by atoms with Crippen LogP contribution in [0.3, 0.4) is 0 Å². The normalized spacial score (nSPS) is 13.4. The minimum atomic E-state index is -0.965. The SMILES string of the molecule is CCc1c(C(=O)C(N)=O)c2c(n1-c1cccc(Cl)c1)N(C)C(SC)=NC2. The molecule has 0 bridgehead atoms. The topological polar surface area (TPSA) is 80.7 Å². The van der Waals surface area contributed by atoms with E-state index in [2.05, 4.69) is 4.99 Å². The molecule has 0 atom stereocenters. The highest BCUT2D eigenvalue weighted by Gasteiger charge is 2.33. The van der Waals surface area contributed by atoms with Crippen molar-refractivity contribution >= 4 is 46.0 Å². The highest BCUT2D eigenvalue weighted by atomic mass is 35.5. The molecule has 2 aromatic rings. The van der Waals surface area contributed by atoms with Crippen LogP contribution in [0.4, 0.5) is 5.82 Å². The second kappa shape index (κ2) is 7.17. The van der Waals surface area contributed by atoms with Crippen LogP contribution in [0.25, 0.3) is 5.69 Å². The molecule has 1 amide bonds. The van der Waals surface area contributed by atoms with Gasteiger partial charge in [0.05, 0.1) is 12.1 Å². The van der Waals surface area contributed by atoms with Crippen molar-refractivity contribution in [1.29, 1.82) is 0 Å². The lowest BCUT2D eigenvalue weighted by Gasteiger charge is -2.27. The Labute approximate surface area is 161 Å². The van der Waals surface area contributed by atoms with Crippen molar-refractivity contribution in [2.75, 3.05) is 18.2 Å². The number of carbonyl (C=O) groups is 2. The van der Waals surface area contributed by atoms with Gasteiger partial charge in [-0.15, -0.1) is 0 Å². The number of Topliss-reactive ketones (excluding diaryl/α,β-unsaturated/α-hetero) is 1. The van der Waals surface area contributed by atoms with Gasteiger partial charge in [-0.2, -0.15) is 0 Å². The van der Waals surface area contributed by atoms with E-state index in [0.717, 1.165) is 22.4 Å². The fourth-order valence-electron chi connectivity index (χ4n) is 3.33. The number of nitrogens with two attached hydrogens (primary N) is 1. The van der Waals surface area contributed by atoms with E-state index < -0.39 is 11.7 Å². The van der Waals surface area contributed by atoms with Crippen molar-refractivity contribution in [2.24, 2.45) is 10.7 Å². The predicted octanol–water partition coefficient (Wildman–Crippen LogP) is 3.03. The molecule has 0 saturated carbocycles. The highest BCUT2D eigenvalue weighted by Crippen LogP contribution is 2.38. The Morgan fingerprint density at radius 2 is 2.12 bits per heavy atom. The molecule has 1 aliphatic rings. The number of anilines is 1. The third-order valence-corrected chi connectivity index (χ3v) is 5.36. The van der Waals surface area contributed by atoms with Gasteiger partial charge in [-0.1, -0.05) is 36.4 Å². The molecule has 0 aliphatic carbocycles. The number of amidine groups is 1. The number of hydrogen-bond donors (Lipinski definition) is 1. The van der Waals surface area contributed by atoms with Gasteiger partial charge in [-0.25, -0.2) is 0 Å². The molecule has 8 heteroatoms. The molecule has 1 aliphatic heterocycles. The number of primary amides is 1. The van der Waals surface area contributed by atoms with Crippen LogP contribution < -0.4 is 10.6 Å². The predicted molar refractivity (Wildman–Crippen MR) is 107 cm³/mol. The summed E-state index contributed by atoms with van der Waals surface area (Å²) >= 11 is 7.71. The Morgan fingerprint density at radius 1 is 1.38 bits per heavy atom. The number of carbonyl (C=O) groups excluding carboxylic acids is 2. The molecule has 0 radical (unpaired) electrons. The number of hydrogen-bond acceptors (Lipinski definition) is 5. The van der Waals surface area contributed by atoms with E-state index in [1.54, 1.807) is 6.07 Å². The van der Waals surface area contributed by atoms with Gasteiger partial charge in [0.25, 0.3) is 11.7 Å². The van der Waals surface area contributed by atoms with Gasteiger partial charge in [-0.3, -0.25) is 19.1 Å². The average molecular weight is 391 g/mol. The third kappa shape index (κ3) is 2.91. The van der Waals surface area contributed by atoms with Gasteiger partial charge in [-0.05, 0) is 30.9 Å². The maximum atomic E-state index is 12.6. The summed E-state index contributed by atoms with van der Waals surface area (Å²) in [7, 11) is 1.90. The third-order valence-electron chi connectivity index (χ3n) is 4.35. The molecule has 0 unspecified atom stereocenters. The molecular weight excluding hydrogens is 372 g/mol. The van der Waals surface area contributed by atoms with Gasteiger partial charge >= 0.3 is 0 Å². The van der Waals surface area contributed by atoms with Crippen molar-refractivity contribution in [3.63, 3.8) is 0 Å². The second-order valence-corrected chi connectivity index (χ2v) is 7.06. The lowest BCUT2D eigenvalue weighted by Crippen LogP contribution is -2.30. The van der Waals surface area contributed by atoms with Gasteiger partial charge in [0.2, 0.25) is 0 Å². The maximum Gasteiger partial charge on any atom is 0.289 e. The second-order valence-electron chi connectivity index (χ2n) is 5.85. The van der Waals surface area contributed by atoms with Crippen LogP contribution in [0.1, 0.15) is 28.5 Å². The van der Waals surface area contributed by atoms with E-state index in [0.29, 0.717) is 29.1 Å². The number of ketones is 1. The van der Waals surface area contributed by atoms with E-state index in [9.17, 15) is 9.59 Å². The van der Waals surface area contributed by atoms with Crippen LogP contribution in [0.5, 0.6) is 0 Å². The molecule has 0 spiro atoms. The molecule has 1 aromatic carbocycles. The molecule has 2 N–H and O–H groups in total. The minimum absolute atomic E-state index is 0.324. The van der Waals surface area contributed by atoms with Crippen LogP contribution in [0.15, 0.2) is 29.3 Å². The largest absolute Gasteiger partial charge is 0.363 e. The van der Waals surface area contributed by atoms with Crippen molar-refractivity contribution in [2.45, 2.75) is 19.9 Å². The van der Waals surface area contributed by atoms with Crippen molar-refractivity contribution in [3.05, 3.63) is 46.1 Å². The summed E-state index contributed by atoms with van der Waals surface area (Å²) < 4.78 is 1.97. The highest BCUT2D eigenvalue weighted by molar-refractivity contribution is 8.13. The first-order valence-corrected chi connectivity index (χ1v) is 9.69. The fraction of sp³-hybridized carbons (Fsp3) is 0.278. The molecule has 0 fully saturated rings. The summed E-state index contributed by atoms with van der Waals surface area (Å²) in [5, 5.41) is 1.42. The summed E-state index contributed by atoms with van der Waals surface area (Å²) in [6.45, 7) is 2.26. The lowest BCUT2D eigenvalue weighted by atomic mass is 10.0. The number of fused-ring (bicyclic) bond motifs is 1. The van der Waals surface area contributed by atoms with Crippen molar-refractivity contribution < 1.29 is 9.59 Å². The Morgan fingerprint density at radius 3 is 2.69 bits per heavy atom. The standard InChI is InChI=1S/C18H19ClN4O2S/c1-4-13-14(15(24)16(20)25)12-9-21-18(26-3)22(2)17(12)23(13)11-7-5-6-10(19)8-11/h5-8H,4,9H2,1-3H3,(H2,20,25). The molecular formula is C18H19ClN4O2S. The monoisotopic (exact) mass is 390 g/mol. The first kappa shape index (κ1) is 18.5. The van der Waals surface area contributed by atoms with E-state index in [1.807, 2.05) is 47.9 Å². The smallest absolute Gasteiger partial charge is 0.289 e. The van der Waals surface area contributed by atoms with Crippen LogP contribution in [-0.4, -0.2) is 34.7 Å². The van der Waals surface area contributed by atoms with Gasteiger partial charge in [0.1, 0.15) is 5.82 Å². The summed E-state index contributed by atoms with van der Waals surface area (Å²) in [6, 6.07) is 7.39. The number of benzene rings is 1. The summed E-state index contributed by atoms with van der Waals surface area (Å²) in [5.41, 5.74) is 7.93. The van der Waals surface area contributed by atoms with Crippen LogP contribution in [0.2, 0.25) is 5.02 Å². The number of amides is 1. The molecule has 2 heterocycles. The lowest BCUT2D eigenvalue weighted by molar-refractivity contribution is -0.114. The molecule has 1 aromatic heterocycles. The number of aliphatic imine (C=N–C) groups is 1. The Kier molecular flexibility index (Phi) is 5.11. The Bertz CT molecular complexity index is 936. The molecule has 6 nitrogen and oxygen atoms in total. The summed E-state index contributed by atoms with van der Waals surface area (Å²) in [5.74, 6) is -0.837. The van der Waals surface area contributed by atoms with E-state index in [-0.39, 0.29) is 0 Å². The number of halogens is 1. The minimum Gasteiger partial charge on any atom is -0.363 e. The van der Waals surface area contributed by atoms with Gasteiger partial charge in [0, 0.05) is 29.0 Å². The van der Waals surface area contributed by atoms with Gasteiger partial charge in [0.15, 0.2) is 5.17 Å². The summed E-state index contributed by atoms with van der Waals surface area (Å²) in [6.07, 6.45) is 2.50. The first-order valence-electron chi connectivity index (χ1n) is 8.09. The van der Waals surface area contributed by atoms with Crippen LogP contribution in [0, 0.1) is 0 Å². The maximum absolute atomic E-state index is 12.6. The zero-order valence-corrected chi connectivity index (χ0v) is 16.3. The number of nitrogens with zero attached hydrogens (tertiary/aromatic N) is 3. The number of rotatable bonds is 4. The molecule has 26 heavy (non-hydrogen) atoms. The summed E-state index contributed by atoms with van der Waals surface area (Å²) in [4.78, 5) is 30.7. The number of aromatic nitrogens is 1. The van der Waals surface area contributed by atoms with E-state index in [4.69, 9.17) is 17.3 Å². The first-order chi connectivity index (χ1) is 12.4. The quantitative estimate of drug-likeness (QED) is 0.642. The zero-order chi connectivity index (χ0) is 19.0. The fourth-order valence-corrected chi connectivity index (χ4v) is 4.07.